The smallest absolute Gasteiger partial charge is 0.252 e. The van der Waals surface area contributed by atoms with Crippen LogP contribution in [0.3, 0.4) is 0 Å². The molecule has 0 bridgehead atoms. The normalized spacial score (nSPS) is 10.4. The van der Waals surface area contributed by atoms with Gasteiger partial charge in [0.05, 0.1) is 16.3 Å². The molecular formula is C10H13ClN2O2. The van der Waals surface area contributed by atoms with Gasteiger partial charge in [0.2, 0.25) is 0 Å². The predicted molar refractivity (Wildman–Crippen MR) is 60.4 cm³/mol. The van der Waals surface area contributed by atoms with Crippen molar-refractivity contribution >= 4 is 23.2 Å². The number of halogens is 1. The molecule has 82 valence electrons. The Morgan fingerprint density at radius 3 is 2.60 bits per heavy atom. The van der Waals surface area contributed by atoms with E-state index in [0.29, 0.717) is 10.7 Å². The summed E-state index contributed by atoms with van der Waals surface area (Å²) in [4.78, 5) is 10.9. The molecule has 5 heteroatoms. The van der Waals surface area contributed by atoms with E-state index in [1.54, 1.807) is 0 Å². The third-order valence-corrected chi connectivity index (χ3v) is 2.11. The lowest BCUT2D eigenvalue weighted by atomic mass is 10.1. The number of amides is 1. The number of phenols is 1. The highest BCUT2D eigenvalue weighted by atomic mass is 35.5. The van der Waals surface area contributed by atoms with Crippen molar-refractivity contribution in [3.8, 4) is 5.75 Å². The van der Waals surface area contributed by atoms with Gasteiger partial charge in [0, 0.05) is 12.1 Å². The zero-order chi connectivity index (χ0) is 11.6. The molecule has 15 heavy (non-hydrogen) atoms. The third-order valence-electron chi connectivity index (χ3n) is 1.80. The van der Waals surface area contributed by atoms with Crippen LogP contribution in [0, 0.1) is 0 Å². The van der Waals surface area contributed by atoms with E-state index < -0.39 is 5.91 Å². The molecule has 0 spiro atoms. The first-order chi connectivity index (χ1) is 6.91. The molecule has 0 radical (unpaired) electrons. The lowest BCUT2D eigenvalue weighted by Gasteiger charge is -2.13. The predicted octanol–water partition coefficient (Wildman–Crippen LogP) is 1.96. The number of carbonyl (C=O) groups is 1. The van der Waals surface area contributed by atoms with E-state index in [4.69, 9.17) is 17.3 Å². The van der Waals surface area contributed by atoms with Crippen molar-refractivity contribution in [1.29, 1.82) is 0 Å². The highest BCUT2D eigenvalue weighted by Crippen LogP contribution is 2.30. The van der Waals surface area contributed by atoms with Crippen LogP contribution in [0.4, 0.5) is 5.69 Å². The average Bonchev–Trinajstić information content (AvgIpc) is 2.09. The van der Waals surface area contributed by atoms with Gasteiger partial charge in [0.25, 0.3) is 5.91 Å². The average molecular weight is 229 g/mol. The molecule has 0 aliphatic rings. The molecule has 0 aliphatic heterocycles. The van der Waals surface area contributed by atoms with Gasteiger partial charge >= 0.3 is 0 Å². The van der Waals surface area contributed by atoms with Crippen LogP contribution in [0.25, 0.3) is 0 Å². The minimum absolute atomic E-state index is 0.0225. The molecule has 1 aromatic carbocycles. The fourth-order valence-electron chi connectivity index (χ4n) is 1.18. The lowest BCUT2D eigenvalue weighted by molar-refractivity contribution is 0.0998. The maximum atomic E-state index is 10.9. The standard InChI is InChI=1S/C10H13ClN2O2/c1-5(2)13-8-4-9(14)6(10(12)15)3-7(8)11/h3-5,13-14H,1-2H3,(H2,12,15). The van der Waals surface area contributed by atoms with Crippen molar-refractivity contribution in [2.75, 3.05) is 5.32 Å². The van der Waals surface area contributed by atoms with Crippen molar-refractivity contribution < 1.29 is 9.90 Å². The zero-order valence-electron chi connectivity index (χ0n) is 8.54. The van der Waals surface area contributed by atoms with Crippen LogP contribution in [0.1, 0.15) is 24.2 Å². The van der Waals surface area contributed by atoms with Crippen molar-refractivity contribution in [2.24, 2.45) is 5.73 Å². The highest BCUT2D eigenvalue weighted by molar-refractivity contribution is 6.33. The van der Waals surface area contributed by atoms with E-state index in [1.165, 1.54) is 12.1 Å². The van der Waals surface area contributed by atoms with Crippen LogP contribution in [-0.4, -0.2) is 17.1 Å². The number of aromatic hydroxyl groups is 1. The second-order valence-corrected chi connectivity index (χ2v) is 3.92. The molecule has 1 rings (SSSR count). The summed E-state index contributed by atoms with van der Waals surface area (Å²) in [6.45, 7) is 3.88. The van der Waals surface area contributed by atoms with Crippen molar-refractivity contribution in [3.63, 3.8) is 0 Å². The topological polar surface area (TPSA) is 75.3 Å². The Morgan fingerprint density at radius 1 is 1.53 bits per heavy atom. The zero-order valence-corrected chi connectivity index (χ0v) is 9.30. The van der Waals surface area contributed by atoms with Gasteiger partial charge in [-0.25, -0.2) is 0 Å². The molecule has 0 saturated heterocycles. The summed E-state index contributed by atoms with van der Waals surface area (Å²) in [6, 6.07) is 2.92. The molecule has 1 aromatic rings. The molecule has 1 amide bonds. The minimum Gasteiger partial charge on any atom is -0.507 e. The summed E-state index contributed by atoms with van der Waals surface area (Å²) >= 11 is 5.91. The van der Waals surface area contributed by atoms with E-state index in [2.05, 4.69) is 5.32 Å². The Labute approximate surface area is 93.0 Å². The Morgan fingerprint density at radius 2 is 2.13 bits per heavy atom. The number of primary amides is 1. The van der Waals surface area contributed by atoms with Crippen molar-refractivity contribution in [1.82, 2.24) is 0 Å². The largest absolute Gasteiger partial charge is 0.507 e. The molecule has 0 unspecified atom stereocenters. The van der Waals surface area contributed by atoms with E-state index in [0.717, 1.165) is 0 Å². The van der Waals surface area contributed by atoms with Crippen LogP contribution in [0.15, 0.2) is 12.1 Å². The lowest BCUT2D eigenvalue weighted by Crippen LogP contribution is -2.13. The van der Waals surface area contributed by atoms with Gasteiger partial charge in [0.15, 0.2) is 0 Å². The maximum Gasteiger partial charge on any atom is 0.252 e. The number of nitrogens with two attached hydrogens (primary N) is 1. The number of rotatable bonds is 3. The number of benzene rings is 1. The van der Waals surface area contributed by atoms with Crippen LogP contribution in [0.2, 0.25) is 5.02 Å². The fourth-order valence-corrected chi connectivity index (χ4v) is 1.40. The van der Waals surface area contributed by atoms with Gasteiger partial charge in [-0.3, -0.25) is 4.79 Å². The van der Waals surface area contributed by atoms with Crippen LogP contribution < -0.4 is 11.1 Å². The number of hydrogen-bond acceptors (Lipinski definition) is 3. The van der Waals surface area contributed by atoms with Gasteiger partial charge in [-0.1, -0.05) is 11.6 Å². The Balaban J connectivity index is 3.13. The molecule has 0 atom stereocenters. The minimum atomic E-state index is -0.703. The van der Waals surface area contributed by atoms with Gasteiger partial charge in [-0.2, -0.15) is 0 Å². The molecule has 4 nitrogen and oxygen atoms in total. The van der Waals surface area contributed by atoms with Gasteiger partial charge in [-0.15, -0.1) is 0 Å². The van der Waals surface area contributed by atoms with E-state index in [9.17, 15) is 9.90 Å². The highest BCUT2D eigenvalue weighted by Gasteiger charge is 2.12. The third kappa shape index (κ3) is 2.76. The summed E-state index contributed by atoms with van der Waals surface area (Å²) in [5.41, 5.74) is 5.66. The van der Waals surface area contributed by atoms with Crippen LogP contribution in [-0.2, 0) is 0 Å². The van der Waals surface area contributed by atoms with E-state index >= 15 is 0 Å². The number of nitrogens with one attached hydrogen (secondary N) is 1. The van der Waals surface area contributed by atoms with Gasteiger partial charge < -0.3 is 16.2 Å². The summed E-state index contributed by atoms with van der Waals surface area (Å²) in [6.07, 6.45) is 0. The molecule has 0 heterocycles. The second-order valence-electron chi connectivity index (χ2n) is 3.51. The van der Waals surface area contributed by atoms with Gasteiger partial charge in [0.1, 0.15) is 5.75 Å². The summed E-state index contributed by atoms with van der Waals surface area (Å²) < 4.78 is 0. The van der Waals surface area contributed by atoms with Gasteiger partial charge in [-0.05, 0) is 19.9 Å². The molecule has 0 aromatic heterocycles. The summed E-state index contributed by atoms with van der Waals surface area (Å²) in [5, 5.41) is 12.9. The van der Waals surface area contributed by atoms with Crippen molar-refractivity contribution in [2.45, 2.75) is 19.9 Å². The fraction of sp³-hybridized carbons (Fsp3) is 0.300. The Bertz CT molecular complexity index is 391. The molecule has 0 saturated carbocycles. The number of anilines is 1. The monoisotopic (exact) mass is 228 g/mol. The maximum absolute atomic E-state index is 10.9. The molecular weight excluding hydrogens is 216 g/mol. The van der Waals surface area contributed by atoms with E-state index in [1.807, 2.05) is 13.8 Å². The van der Waals surface area contributed by atoms with Crippen LogP contribution in [0.5, 0.6) is 5.75 Å². The second kappa shape index (κ2) is 4.40. The first-order valence-electron chi connectivity index (χ1n) is 4.50. The summed E-state index contributed by atoms with van der Waals surface area (Å²) in [7, 11) is 0. The van der Waals surface area contributed by atoms with Crippen molar-refractivity contribution in [3.05, 3.63) is 22.7 Å². The van der Waals surface area contributed by atoms with Crippen LogP contribution >= 0.6 is 11.6 Å². The quantitative estimate of drug-likeness (QED) is 0.740. The molecule has 0 aliphatic carbocycles. The first-order valence-corrected chi connectivity index (χ1v) is 4.88. The SMILES string of the molecule is CC(C)Nc1cc(O)c(C(N)=O)cc1Cl. The van der Waals surface area contributed by atoms with E-state index in [-0.39, 0.29) is 17.4 Å². The Kier molecular flexibility index (Phi) is 3.42. The number of carbonyl (C=O) groups excluding carboxylic acids is 1. The molecule has 0 fully saturated rings. The summed E-state index contributed by atoms with van der Waals surface area (Å²) in [5.74, 6) is -0.874. The Hall–Kier alpha value is -1.42. The molecule has 4 N–H and O–H groups in total. The first kappa shape index (κ1) is 11.7. The number of hydrogen-bond donors (Lipinski definition) is 3.